The molecule has 1 fully saturated rings. The highest BCUT2D eigenvalue weighted by molar-refractivity contribution is 5.74. The average Bonchev–Trinajstić information content (AvgIpc) is 3.11. The quantitative estimate of drug-likeness (QED) is 0.0635. The summed E-state index contributed by atoms with van der Waals surface area (Å²) in [7, 11) is 0. The van der Waals surface area contributed by atoms with Crippen LogP contribution in [-0.2, 0) is 0 Å². The molecule has 1 aliphatic rings. The second-order valence-electron chi connectivity index (χ2n) is 16.1. The molecular weight excluding hydrogens is 617 g/mol. The van der Waals surface area contributed by atoms with Gasteiger partial charge in [-0.3, -0.25) is 0 Å². The van der Waals surface area contributed by atoms with E-state index in [4.69, 9.17) is 11.5 Å². The topological polar surface area (TPSA) is 92.7 Å². The minimum Gasteiger partial charge on any atom is -0.351 e. The molecule has 0 aliphatic heterocycles. The number of hydrogen-bond donors (Lipinski definition) is 2. The fraction of sp³-hybridized carbons (Fsp3) is 0.955. The third-order valence-electron chi connectivity index (χ3n) is 11.6. The summed E-state index contributed by atoms with van der Waals surface area (Å²) in [4.78, 5) is 29.1. The first-order valence-electron chi connectivity index (χ1n) is 22.6. The van der Waals surface area contributed by atoms with Crippen molar-refractivity contribution in [1.29, 1.82) is 0 Å². The van der Waals surface area contributed by atoms with Crippen LogP contribution >= 0.6 is 0 Å². The number of nitrogens with zero attached hydrogens (tertiary/aromatic N) is 2. The van der Waals surface area contributed by atoms with Crippen LogP contribution in [-0.4, -0.2) is 47.0 Å². The first-order chi connectivity index (χ1) is 24.5. The van der Waals surface area contributed by atoms with E-state index in [0.29, 0.717) is 13.1 Å². The Balaban J connectivity index is 2.20. The Morgan fingerprint density at radius 2 is 0.580 bits per heavy atom. The van der Waals surface area contributed by atoms with Gasteiger partial charge in [-0.25, -0.2) is 9.59 Å². The van der Waals surface area contributed by atoms with Gasteiger partial charge in [-0.05, 0) is 25.7 Å². The number of nitrogens with two attached hydrogens (primary N) is 2. The standard InChI is InChI=1S/C44H88N4O2/c1-3-5-7-9-11-13-15-17-19-21-23-25-27-29-31-35-39-47(43(45)49)41-37-33-34-38-42(41)48(44(46)50)40-36-32-30-28-26-24-22-20-18-16-14-12-10-8-6-4-2/h41-42H,3-40H2,1-2H3,(H2,45,49)(H2,46,50). The lowest BCUT2D eigenvalue weighted by atomic mass is 9.87. The lowest BCUT2D eigenvalue weighted by Crippen LogP contribution is -2.59. The largest absolute Gasteiger partial charge is 0.351 e. The van der Waals surface area contributed by atoms with E-state index in [2.05, 4.69) is 13.8 Å². The zero-order valence-electron chi connectivity index (χ0n) is 33.9. The smallest absolute Gasteiger partial charge is 0.315 e. The summed E-state index contributed by atoms with van der Waals surface area (Å²) in [5, 5.41) is 0. The van der Waals surface area contributed by atoms with Gasteiger partial charge >= 0.3 is 12.1 Å². The summed E-state index contributed by atoms with van der Waals surface area (Å²) >= 11 is 0. The van der Waals surface area contributed by atoms with Gasteiger partial charge in [0.2, 0.25) is 0 Å². The van der Waals surface area contributed by atoms with E-state index in [9.17, 15) is 9.59 Å². The van der Waals surface area contributed by atoms with Crippen LogP contribution < -0.4 is 11.5 Å². The van der Waals surface area contributed by atoms with E-state index in [1.165, 1.54) is 180 Å². The van der Waals surface area contributed by atoms with E-state index >= 15 is 0 Å². The monoisotopic (exact) mass is 705 g/mol. The van der Waals surface area contributed by atoms with Crippen molar-refractivity contribution in [3.05, 3.63) is 0 Å². The predicted octanol–water partition coefficient (Wildman–Crippen LogP) is 13.6. The van der Waals surface area contributed by atoms with E-state index in [1.807, 2.05) is 9.80 Å². The third-order valence-corrected chi connectivity index (χ3v) is 11.6. The van der Waals surface area contributed by atoms with E-state index in [1.54, 1.807) is 0 Å². The Morgan fingerprint density at radius 3 is 0.780 bits per heavy atom. The Labute approximate surface area is 312 Å². The normalized spacial score (nSPS) is 16.1. The molecular formula is C44H88N4O2. The van der Waals surface area contributed by atoms with E-state index < -0.39 is 0 Å². The van der Waals surface area contributed by atoms with Crippen molar-refractivity contribution in [2.45, 2.75) is 257 Å². The molecule has 296 valence electrons. The number of amides is 4. The second-order valence-corrected chi connectivity index (χ2v) is 16.1. The van der Waals surface area contributed by atoms with Gasteiger partial charge in [-0.1, -0.05) is 219 Å². The second kappa shape index (κ2) is 34.6. The van der Waals surface area contributed by atoms with Crippen LogP contribution in [0.25, 0.3) is 0 Å². The van der Waals surface area contributed by atoms with Crippen molar-refractivity contribution in [2.24, 2.45) is 11.5 Å². The van der Waals surface area contributed by atoms with Crippen LogP contribution in [0.15, 0.2) is 0 Å². The maximum atomic E-state index is 12.7. The molecule has 0 heterocycles. The zero-order chi connectivity index (χ0) is 36.3. The minimum atomic E-state index is -0.338. The van der Waals surface area contributed by atoms with Crippen LogP contribution in [0.4, 0.5) is 9.59 Å². The molecule has 0 aromatic rings. The molecule has 0 aromatic heterocycles. The molecule has 4 N–H and O–H groups in total. The van der Waals surface area contributed by atoms with Gasteiger partial charge in [0, 0.05) is 13.1 Å². The SMILES string of the molecule is CCCCCCCCCCCCCCCCCCN(C(N)=O)C1CCCCC1N(CCCCCCCCCCCCCCCCCC)C(N)=O. The number of rotatable bonds is 36. The van der Waals surface area contributed by atoms with Crippen molar-refractivity contribution < 1.29 is 9.59 Å². The number of carbonyl (C=O) groups is 2. The molecule has 1 rings (SSSR count). The molecule has 0 aromatic carbocycles. The predicted molar refractivity (Wildman–Crippen MR) is 218 cm³/mol. The number of carbonyl (C=O) groups excluding carboxylic acids is 2. The molecule has 0 spiro atoms. The fourth-order valence-corrected chi connectivity index (χ4v) is 8.36. The highest BCUT2D eigenvalue weighted by Crippen LogP contribution is 2.28. The van der Waals surface area contributed by atoms with Crippen molar-refractivity contribution in [3.63, 3.8) is 0 Å². The first-order valence-corrected chi connectivity index (χ1v) is 22.6. The Morgan fingerprint density at radius 1 is 0.380 bits per heavy atom. The highest BCUT2D eigenvalue weighted by Gasteiger charge is 2.36. The maximum absolute atomic E-state index is 12.7. The number of urea groups is 2. The van der Waals surface area contributed by atoms with Crippen molar-refractivity contribution in [3.8, 4) is 0 Å². The molecule has 0 bridgehead atoms. The van der Waals surface area contributed by atoms with Gasteiger partial charge in [-0.2, -0.15) is 0 Å². The zero-order valence-corrected chi connectivity index (χ0v) is 33.9. The highest BCUT2D eigenvalue weighted by atomic mass is 16.2. The summed E-state index contributed by atoms with van der Waals surface area (Å²) in [6.07, 6.45) is 46.7. The summed E-state index contributed by atoms with van der Waals surface area (Å²) in [6.45, 7) is 5.96. The van der Waals surface area contributed by atoms with Gasteiger partial charge in [-0.15, -0.1) is 0 Å². The minimum absolute atomic E-state index is 0.00820. The maximum Gasteiger partial charge on any atom is 0.315 e. The summed E-state index contributed by atoms with van der Waals surface area (Å²) in [6, 6.07) is -0.693. The third kappa shape index (κ3) is 25.5. The Kier molecular flexibility index (Phi) is 32.2. The van der Waals surface area contributed by atoms with Crippen LogP contribution in [0.1, 0.15) is 245 Å². The number of hydrogen-bond acceptors (Lipinski definition) is 2. The first kappa shape index (κ1) is 46.6. The molecule has 0 radical (unpaired) electrons. The van der Waals surface area contributed by atoms with Gasteiger partial charge in [0.05, 0.1) is 12.1 Å². The van der Waals surface area contributed by atoms with Crippen LogP contribution in [0, 0.1) is 0 Å². The average molecular weight is 705 g/mol. The fourth-order valence-electron chi connectivity index (χ4n) is 8.36. The molecule has 2 atom stereocenters. The molecule has 1 saturated carbocycles. The van der Waals surface area contributed by atoms with Crippen LogP contribution in [0.2, 0.25) is 0 Å². The van der Waals surface area contributed by atoms with E-state index in [0.717, 1.165) is 51.4 Å². The van der Waals surface area contributed by atoms with Crippen molar-refractivity contribution >= 4 is 12.1 Å². The van der Waals surface area contributed by atoms with Crippen LogP contribution in [0.3, 0.4) is 0 Å². The summed E-state index contributed by atoms with van der Waals surface area (Å²) in [5.74, 6) is 0. The van der Waals surface area contributed by atoms with E-state index in [-0.39, 0.29) is 24.1 Å². The molecule has 1 aliphatic carbocycles. The van der Waals surface area contributed by atoms with Gasteiger partial charge < -0.3 is 21.3 Å². The Bertz CT molecular complexity index is 700. The lowest BCUT2D eigenvalue weighted by Gasteiger charge is -2.44. The Hall–Kier alpha value is -1.46. The lowest BCUT2D eigenvalue weighted by molar-refractivity contribution is 0.0831. The molecule has 50 heavy (non-hydrogen) atoms. The molecule has 6 nitrogen and oxygen atoms in total. The van der Waals surface area contributed by atoms with Gasteiger partial charge in [0.15, 0.2) is 0 Å². The summed E-state index contributed by atoms with van der Waals surface area (Å²) in [5.41, 5.74) is 11.9. The summed E-state index contributed by atoms with van der Waals surface area (Å²) < 4.78 is 0. The molecule has 4 amide bonds. The van der Waals surface area contributed by atoms with Crippen molar-refractivity contribution in [1.82, 2.24) is 9.80 Å². The van der Waals surface area contributed by atoms with Crippen molar-refractivity contribution in [2.75, 3.05) is 13.1 Å². The van der Waals surface area contributed by atoms with Gasteiger partial charge in [0.25, 0.3) is 0 Å². The van der Waals surface area contributed by atoms with Crippen LogP contribution in [0.5, 0.6) is 0 Å². The molecule has 0 saturated heterocycles. The van der Waals surface area contributed by atoms with Gasteiger partial charge in [0.1, 0.15) is 0 Å². The number of unbranched alkanes of at least 4 members (excludes halogenated alkanes) is 30. The number of primary amides is 2. The molecule has 2 unspecified atom stereocenters. The molecule has 6 heteroatoms.